The average molecular weight is 331 g/mol. The second-order valence-corrected chi connectivity index (χ2v) is 5.00. The molecule has 2 N–H and O–H groups in total. The number of non-ortho nitro benzene ring substituents is 1. The van der Waals surface area contributed by atoms with Gasteiger partial charge in [0, 0.05) is 23.4 Å². The van der Waals surface area contributed by atoms with Gasteiger partial charge in [0.1, 0.15) is 5.82 Å². The molecule has 0 saturated carbocycles. The van der Waals surface area contributed by atoms with E-state index in [2.05, 4.69) is 10.6 Å². The minimum atomic E-state index is -0.621. The molecule has 0 aromatic heterocycles. The van der Waals surface area contributed by atoms with Crippen molar-refractivity contribution >= 4 is 23.2 Å². The summed E-state index contributed by atoms with van der Waals surface area (Å²) in [6.07, 6.45) is 0. The summed E-state index contributed by atoms with van der Waals surface area (Å²) in [6.45, 7) is 1.25. The molecule has 0 aliphatic carbocycles. The standard InChI is InChI=1S/C16H14FN3O4/c1-10-5-6-12(8-14(10)17)19-15(21)9-18-16(22)11-3-2-4-13(7-11)20(23)24/h2-8H,9H2,1H3,(H,18,22)(H,19,21). The molecule has 0 fully saturated rings. The minimum absolute atomic E-state index is 0.0679. The van der Waals surface area contributed by atoms with Gasteiger partial charge in [0.05, 0.1) is 11.5 Å². The van der Waals surface area contributed by atoms with Gasteiger partial charge in [-0.1, -0.05) is 12.1 Å². The van der Waals surface area contributed by atoms with Crippen LogP contribution in [0.15, 0.2) is 42.5 Å². The Hall–Kier alpha value is -3.29. The van der Waals surface area contributed by atoms with Crippen LogP contribution in [0.3, 0.4) is 0 Å². The molecule has 2 rings (SSSR count). The number of hydrogen-bond donors (Lipinski definition) is 2. The first kappa shape index (κ1) is 17.1. The summed E-state index contributed by atoms with van der Waals surface area (Å²) in [5, 5.41) is 15.5. The first-order valence-electron chi connectivity index (χ1n) is 6.95. The zero-order valence-electron chi connectivity index (χ0n) is 12.7. The Bertz CT molecular complexity index is 808. The van der Waals surface area contributed by atoms with Crippen molar-refractivity contribution in [1.82, 2.24) is 5.32 Å². The highest BCUT2D eigenvalue weighted by Gasteiger charge is 2.12. The Morgan fingerprint density at radius 1 is 1.21 bits per heavy atom. The van der Waals surface area contributed by atoms with Gasteiger partial charge in [0.15, 0.2) is 0 Å². The number of amides is 2. The van der Waals surface area contributed by atoms with Crippen LogP contribution in [-0.2, 0) is 4.79 Å². The van der Waals surface area contributed by atoms with E-state index in [1.165, 1.54) is 30.3 Å². The fourth-order valence-electron chi connectivity index (χ4n) is 1.90. The third-order valence-corrected chi connectivity index (χ3v) is 3.18. The molecule has 0 saturated heterocycles. The number of nitro groups is 1. The molecule has 0 unspecified atom stereocenters. The minimum Gasteiger partial charge on any atom is -0.343 e. The van der Waals surface area contributed by atoms with Crippen LogP contribution in [0.1, 0.15) is 15.9 Å². The molecule has 2 aromatic carbocycles. The van der Waals surface area contributed by atoms with Crippen molar-refractivity contribution in [3.05, 3.63) is 69.5 Å². The summed E-state index contributed by atoms with van der Waals surface area (Å²) in [7, 11) is 0. The quantitative estimate of drug-likeness (QED) is 0.649. The average Bonchev–Trinajstić information content (AvgIpc) is 2.56. The molecule has 0 bridgehead atoms. The second-order valence-electron chi connectivity index (χ2n) is 5.00. The van der Waals surface area contributed by atoms with Crippen molar-refractivity contribution in [1.29, 1.82) is 0 Å². The number of nitrogens with one attached hydrogen (secondary N) is 2. The van der Waals surface area contributed by atoms with E-state index in [-0.39, 0.29) is 23.5 Å². The van der Waals surface area contributed by atoms with Crippen molar-refractivity contribution in [2.24, 2.45) is 0 Å². The molecule has 0 atom stereocenters. The Morgan fingerprint density at radius 3 is 2.62 bits per heavy atom. The number of anilines is 1. The van der Waals surface area contributed by atoms with Gasteiger partial charge in [-0.15, -0.1) is 0 Å². The van der Waals surface area contributed by atoms with Crippen molar-refractivity contribution < 1.29 is 18.9 Å². The fraction of sp³-hybridized carbons (Fsp3) is 0.125. The zero-order chi connectivity index (χ0) is 17.7. The van der Waals surface area contributed by atoms with Crippen LogP contribution < -0.4 is 10.6 Å². The van der Waals surface area contributed by atoms with E-state index in [0.717, 1.165) is 6.07 Å². The predicted molar refractivity (Wildman–Crippen MR) is 85.2 cm³/mol. The molecule has 0 spiro atoms. The van der Waals surface area contributed by atoms with Crippen LogP contribution in [0.4, 0.5) is 15.8 Å². The first-order valence-corrected chi connectivity index (χ1v) is 6.95. The lowest BCUT2D eigenvalue weighted by atomic mass is 10.2. The summed E-state index contributed by atoms with van der Waals surface area (Å²) in [6, 6.07) is 9.39. The normalized spacial score (nSPS) is 10.1. The van der Waals surface area contributed by atoms with Crippen LogP contribution in [0.25, 0.3) is 0 Å². The summed E-state index contributed by atoms with van der Waals surface area (Å²) >= 11 is 0. The van der Waals surface area contributed by atoms with E-state index in [1.54, 1.807) is 13.0 Å². The van der Waals surface area contributed by atoms with Gasteiger partial charge in [-0.3, -0.25) is 19.7 Å². The van der Waals surface area contributed by atoms with Crippen molar-refractivity contribution in [3.63, 3.8) is 0 Å². The van der Waals surface area contributed by atoms with Gasteiger partial charge in [-0.05, 0) is 30.7 Å². The molecular weight excluding hydrogens is 317 g/mol. The van der Waals surface area contributed by atoms with Gasteiger partial charge < -0.3 is 10.6 Å². The van der Waals surface area contributed by atoms with Crippen LogP contribution in [-0.4, -0.2) is 23.3 Å². The second kappa shape index (κ2) is 7.32. The lowest BCUT2D eigenvalue weighted by Crippen LogP contribution is -2.32. The predicted octanol–water partition coefficient (Wildman–Crippen LogP) is 2.41. The lowest BCUT2D eigenvalue weighted by Gasteiger charge is -2.08. The van der Waals surface area contributed by atoms with Crippen LogP contribution in [0.5, 0.6) is 0 Å². The van der Waals surface area contributed by atoms with Crippen LogP contribution >= 0.6 is 0 Å². The number of halogens is 1. The summed E-state index contributed by atoms with van der Waals surface area (Å²) < 4.78 is 13.4. The molecule has 2 aromatic rings. The molecule has 2 amide bonds. The maximum absolute atomic E-state index is 13.4. The van der Waals surface area contributed by atoms with Gasteiger partial charge in [-0.25, -0.2) is 4.39 Å². The van der Waals surface area contributed by atoms with Crippen molar-refractivity contribution in [3.8, 4) is 0 Å². The molecule has 0 aliphatic rings. The highest BCUT2D eigenvalue weighted by atomic mass is 19.1. The summed E-state index contributed by atoms with van der Waals surface area (Å²) in [4.78, 5) is 33.7. The topological polar surface area (TPSA) is 101 Å². The molecule has 24 heavy (non-hydrogen) atoms. The van der Waals surface area contributed by atoms with E-state index in [0.29, 0.717) is 5.56 Å². The maximum Gasteiger partial charge on any atom is 0.270 e. The number of benzene rings is 2. The lowest BCUT2D eigenvalue weighted by molar-refractivity contribution is -0.384. The van der Waals surface area contributed by atoms with E-state index in [1.807, 2.05) is 0 Å². The third-order valence-electron chi connectivity index (χ3n) is 3.18. The number of hydrogen-bond acceptors (Lipinski definition) is 4. The van der Waals surface area contributed by atoms with E-state index in [9.17, 15) is 24.1 Å². The highest BCUT2D eigenvalue weighted by molar-refractivity contribution is 5.99. The van der Waals surface area contributed by atoms with Gasteiger partial charge in [-0.2, -0.15) is 0 Å². The Balaban J connectivity index is 1.93. The smallest absolute Gasteiger partial charge is 0.270 e. The van der Waals surface area contributed by atoms with Gasteiger partial charge in [0.2, 0.25) is 5.91 Å². The number of nitrogens with zero attached hydrogens (tertiary/aromatic N) is 1. The molecular formula is C16H14FN3O4. The van der Waals surface area contributed by atoms with Crippen LogP contribution in [0, 0.1) is 22.9 Å². The Labute approximate surface area is 136 Å². The largest absolute Gasteiger partial charge is 0.343 e. The molecule has 0 aliphatic heterocycles. The van der Waals surface area contributed by atoms with Gasteiger partial charge in [0.25, 0.3) is 11.6 Å². The molecule has 8 heteroatoms. The van der Waals surface area contributed by atoms with Crippen molar-refractivity contribution in [2.45, 2.75) is 6.92 Å². The van der Waals surface area contributed by atoms with Crippen LogP contribution in [0.2, 0.25) is 0 Å². The molecule has 124 valence electrons. The van der Waals surface area contributed by atoms with E-state index >= 15 is 0 Å². The number of nitro benzene ring substituents is 1. The maximum atomic E-state index is 13.4. The number of carbonyl (C=O) groups is 2. The number of aryl methyl sites for hydroxylation is 1. The summed E-state index contributed by atoms with van der Waals surface area (Å²) in [5.41, 5.74) is 0.570. The zero-order valence-corrected chi connectivity index (χ0v) is 12.7. The Morgan fingerprint density at radius 2 is 1.96 bits per heavy atom. The number of carbonyl (C=O) groups excluding carboxylic acids is 2. The highest BCUT2D eigenvalue weighted by Crippen LogP contribution is 2.14. The van der Waals surface area contributed by atoms with Crippen molar-refractivity contribution in [2.75, 3.05) is 11.9 Å². The SMILES string of the molecule is Cc1ccc(NC(=O)CNC(=O)c2cccc([N+](=O)[O-])c2)cc1F. The van der Waals surface area contributed by atoms with E-state index in [4.69, 9.17) is 0 Å². The number of rotatable bonds is 5. The third kappa shape index (κ3) is 4.35. The van der Waals surface area contributed by atoms with E-state index < -0.39 is 22.6 Å². The monoisotopic (exact) mass is 331 g/mol. The fourth-order valence-corrected chi connectivity index (χ4v) is 1.90. The molecule has 0 radical (unpaired) electrons. The Kier molecular flexibility index (Phi) is 5.20. The molecule has 0 heterocycles. The first-order chi connectivity index (χ1) is 11.4. The molecule has 7 nitrogen and oxygen atoms in total. The summed E-state index contributed by atoms with van der Waals surface area (Å²) in [5.74, 6) is -1.62. The van der Waals surface area contributed by atoms with Gasteiger partial charge >= 0.3 is 0 Å².